The molecule has 5 heteroatoms. The van der Waals surface area contributed by atoms with E-state index in [4.69, 9.17) is 4.84 Å². The molecule has 1 fully saturated rings. The highest BCUT2D eigenvalue weighted by Crippen LogP contribution is 2.21. The van der Waals surface area contributed by atoms with Gasteiger partial charge in [0.25, 0.3) is 5.91 Å². The van der Waals surface area contributed by atoms with Crippen molar-refractivity contribution in [2.45, 2.75) is 31.8 Å². The number of amides is 1. The van der Waals surface area contributed by atoms with Crippen molar-refractivity contribution in [3.63, 3.8) is 0 Å². The third-order valence-electron chi connectivity index (χ3n) is 3.59. The number of benzene rings is 1. The Kier molecular flexibility index (Phi) is 3.21. The molecule has 5 nitrogen and oxygen atoms in total. The molecule has 0 spiro atoms. The van der Waals surface area contributed by atoms with E-state index in [0.29, 0.717) is 5.69 Å². The largest absolute Gasteiger partial charge is 0.295 e. The lowest BCUT2D eigenvalue weighted by atomic mass is 10.2. The summed E-state index contributed by atoms with van der Waals surface area (Å²) >= 11 is 0. The van der Waals surface area contributed by atoms with Gasteiger partial charge >= 0.3 is 0 Å². The quantitative estimate of drug-likeness (QED) is 0.859. The maximum atomic E-state index is 12.1. The highest BCUT2D eigenvalue weighted by Gasteiger charge is 2.20. The molecule has 0 unspecified atom stereocenters. The number of aryl methyl sites for hydroxylation is 1. The predicted octanol–water partition coefficient (Wildman–Crippen LogP) is 2.18. The lowest BCUT2D eigenvalue weighted by Crippen LogP contribution is -2.28. The minimum Gasteiger partial charge on any atom is -0.270 e. The molecule has 1 aliphatic carbocycles. The summed E-state index contributed by atoms with van der Waals surface area (Å²) in [6, 6.07) is 7.67. The van der Waals surface area contributed by atoms with Crippen LogP contribution in [0.2, 0.25) is 0 Å². The van der Waals surface area contributed by atoms with Gasteiger partial charge in [-0.15, -0.1) is 0 Å². The first-order chi connectivity index (χ1) is 9.25. The number of fused-ring (bicyclic) bond motifs is 1. The van der Waals surface area contributed by atoms with Gasteiger partial charge in [0.15, 0.2) is 5.69 Å². The first kappa shape index (κ1) is 12.2. The monoisotopic (exact) mass is 259 g/mol. The second kappa shape index (κ2) is 5.01. The van der Waals surface area contributed by atoms with Crippen LogP contribution in [0.15, 0.2) is 24.3 Å². The number of carbonyl (C=O) groups excluding carboxylic acids is 1. The van der Waals surface area contributed by atoms with Crippen LogP contribution in [0.25, 0.3) is 10.9 Å². The van der Waals surface area contributed by atoms with Gasteiger partial charge in [-0.05, 0) is 18.9 Å². The molecule has 0 saturated heterocycles. The van der Waals surface area contributed by atoms with E-state index < -0.39 is 0 Å². The number of carbonyl (C=O) groups is 1. The van der Waals surface area contributed by atoms with Crippen molar-refractivity contribution in [2.75, 3.05) is 0 Å². The molecule has 1 N–H and O–H groups in total. The zero-order chi connectivity index (χ0) is 13.2. The van der Waals surface area contributed by atoms with Gasteiger partial charge in [-0.3, -0.25) is 14.3 Å². The smallest absolute Gasteiger partial charge is 0.270 e. The van der Waals surface area contributed by atoms with Crippen LogP contribution in [-0.4, -0.2) is 21.8 Å². The molecule has 0 atom stereocenters. The van der Waals surface area contributed by atoms with Crippen LogP contribution in [-0.2, 0) is 11.9 Å². The fraction of sp³-hybridized carbons (Fsp3) is 0.429. The second-order valence-electron chi connectivity index (χ2n) is 4.94. The fourth-order valence-corrected chi connectivity index (χ4v) is 2.57. The lowest BCUT2D eigenvalue weighted by molar-refractivity contribution is -0.0127. The molecule has 0 radical (unpaired) electrons. The molecule has 2 aromatic rings. The van der Waals surface area contributed by atoms with Crippen molar-refractivity contribution in [3.05, 3.63) is 30.0 Å². The van der Waals surface area contributed by atoms with Crippen molar-refractivity contribution in [1.29, 1.82) is 0 Å². The summed E-state index contributed by atoms with van der Waals surface area (Å²) in [4.78, 5) is 17.5. The van der Waals surface area contributed by atoms with Crippen LogP contribution >= 0.6 is 0 Å². The molecule has 1 aromatic carbocycles. The topological polar surface area (TPSA) is 56.2 Å². The normalized spacial score (nSPS) is 16.1. The molecule has 1 amide bonds. The number of nitrogens with one attached hydrogen (secondary N) is 1. The first-order valence-electron chi connectivity index (χ1n) is 6.63. The standard InChI is InChI=1S/C14H17N3O2/c1-17-12-9-5-4-8-11(12)13(15-17)14(18)16-19-10-6-2-3-7-10/h4-5,8-10H,2-3,6-7H2,1H3,(H,16,18). The number of hydrogen-bond acceptors (Lipinski definition) is 3. The number of aromatic nitrogens is 2. The second-order valence-corrected chi connectivity index (χ2v) is 4.94. The molecule has 1 aliphatic rings. The molecule has 100 valence electrons. The van der Waals surface area contributed by atoms with E-state index in [1.54, 1.807) is 4.68 Å². The molecule has 1 saturated carbocycles. The van der Waals surface area contributed by atoms with Crippen molar-refractivity contribution in [1.82, 2.24) is 15.3 Å². The molecular weight excluding hydrogens is 242 g/mol. The maximum Gasteiger partial charge on any atom is 0.295 e. The van der Waals surface area contributed by atoms with Crippen LogP contribution in [0, 0.1) is 0 Å². The van der Waals surface area contributed by atoms with E-state index >= 15 is 0 Å². The number of rotatable bonds is 3. The van der Waals surface area contributed by atoms with Crippen molar-refractivity contribution < 1.29 is 9.63 Å². The van der Waals surface area contributed by atoms with Crippen LogP contribution in [0.3, 0.4) is 0 Å². The van der Waals surface area contributed by atoms with E-state index in [-0.39, 0.29) is 12.0 Å². The van der Waals surface area contributed by atoms with Gasteiger partial charge in [0.1, 0.15) is 0 Å². The Morgan fingerprint density at radius 3 is 2.89 bits per heavy atom. The average Bonchev–Trinajstić information content (AvgIpc) is 3.05. The minimum atomic E-state index is -0.274. The Labute approximate surface area is 111 Å². The van der Waals surface area contributed by atoms with Crippen LogP contribution < -0.4 is 5.48 Å². The highest BCUT2D eigenvalue weighted by molar-refractivity contribution is 6.04. The number of hydroxylamine groups is 1. The Morgan fingerprint density at radius 1 is 1.37 bits per heavy atom. The Hall–Kier alpha value is -1.88. The Bertz CT molecular complexity index is 600. The van der Waals surface area contributed by atoms with Crippen molar-refractivity contribution in [3.8, 4) is 0 Å². The van der Waals surface area contributed by atoms with Crippen LogP contribution in [0.1, 0.15) is 36.2 Å². The summed E-state index contributed by atoms with van der Waals surface area (Å²) in [5.74, 6) is -0.274. The molecule has 0 aliphatic heterocycles. The summed E-state index contributed by atoms with van der Waals surface area (Å²) in [7, 11) is 1.83. The van der Waals surface area contributed by atoms with Gasteiger partial charge in [0, 0.05) is 12.4 Å². The average molecular weight is 259 g/mol. The number of hydrogen-bond donors (Lipinski definition) is 1. The van der Waals surface area contributed by atoms with Gasteiger partial charge in [0.05, 0.1) is 11.6 Å². The molecule has 0 bridgehead atoms. The maximum absolute atomic E-state index is 12.1. The van der Waals surface area contributed by atoms with Gasteiger partial charge < -0.3 is 0 Å². The van der Waals surface area contributed by atoms with E-state index in [1.807, 2.05) is 31.3 Å². The van der Waals surface area contributed by atoms with Gasteiger partial charge in [0.2, 0.25) is 0 Å². The summed E-state index contributed by atoms with van der Waals surface area (Å²) < 4.78 is 1.71. The first-order valence-corrected chi connectivity index (χ1v) is 6.63. The van der Waals surface area contributed by atoms with Gasteiger partial charge in [-0.2, -0.15) is 5.10 Å². The molecule has 1 aromatic heterocycles. The zero-order valence-electron chi connectivity index (χ0n) is 10.9. The molecule has 3 rings (SSSR count). The molecule has 1 heterocycles. The highest BCUT2D eigenvalue weighted by atomic mass is 16.7. The summed E-state index contributed by atoms with van der Waals surface area (Å²) in [6.45, 7) is 0. The summed E-state index contributed by atoms with van der Waals surface area (Å²) in [6.07, 6.45) is 4.53. The van der Waals surface area contributed by atoms with E-state index in [2.05, 4.69) is 10.6 Å². The third-order valence-corrected chi connectivity index (χ3v) is 3.59. The fourth-order valence-electron chi connectivity index (χ4n) is 2.57. The SMILES string of the molecule is Cn1nc(C(=O)NOC2CCCC2)c2ccccc21. The summed E-state index contributed by atoms with van der Waals surface area (Å²) in [5, 5.41) is 5.10. The van der Waals surface area contributed by atoms with E-state index in [9.17, 15) is 4.79 Å². The Balaban J connectivity index is 1.77. The molecular formula is C14H17N3O2. The van der Waals surface area contributed by atoms with E-state index in [0.717, 1.165) is 23.7 Å². The van der Waals surface area contributed by atoms with Crippen LogP contribution in [0.5, 0.6) is 0 Å². The predicted molar refractivity (Wildman–Crippen MR) is 71.5 cm³/mol. The third kappa shape index (κ3) is 2.33. The number of para-hydroxylation sites is 1. The van der Waals surface area contributed by atoms with Gasteiger partial charge in [-0.1, -0.05) is 31.0 Å². The lowest BCUT2D eigenvalue weighted by Gasteiger charge is -2.10. The van der Waals surface area contributed by atoms with E-state index in [1.165, 1.54) is 12.8 Å². The number of nitrogens with zero attached hydrogens (tertiary/aromatic N) is 2. The zero-order valence-corrected chi connectivity index (χ0v) is 10.9. The molecule has 19 heavy (non-hydrogen) atoms. The van der Waals surface area contributed by atoms with Gasteiger partial charge in [-0.25, -0.2) is 5.48 Å². The Morgan fingerprint density at radius 2 is 2.11 bits per heavy atom. The minimum absolute atomic E-state index is 0.152. The van der Waals surface area contributed by atoms with Crippen molar-refractivity contribution in [2.24, 2.45) is 7.05 Å². The van der Waals surface area contributed by atoms with Crippen LogP contribution in [0.4, 0.5) is 0 Å². The summed E-state index contributed by atoms with van der Waals surface area (Å²) in [5.41, 5.74) is 3.88. The van der Waals surface area contributed by atoms with Crippen molar-refractivity contribution >= 4 is 16.8 Å².